The van der Waals surface area contributed by atoms with Crippen molar-refractivity contribution in [1.29, 1.82) is 0 Å². The summed E-state index contributed by atoms with van der Waals surface area (Å²) in [7, 11) is 0. The molecule has 3 rings (SSSR count). The van der Waals surface area contributed by atoms with Gasteiger partial charge in [-0.2, -0.15) is 0 Å². The SMILES string of the molecule is CC(C)c1cc2c(cc1CCCC(=O)O)C1(C)CCCC(C)(CO)C1CC2. The molecule has 0 aliphatic heterocycles. The molecule has 2 aliphatic carbocycles. The molecule has 0 saturated heterocycles. The molecule has 0 amide bonds. The Labute approximate surface area is 164 Å². The first-order valence-electron chi connectivity index (χ1n) is 10.7. The van der Waals surface area contributed by atoms with Gasteiger partial charge in [0, 0.05) is 13.0 Å². The van der Waals surface area contributed by atoms with Gasteiger partial charge >= 0.3 is 5.97 Å². The number of hydrogen-bond acceptors (Lipinski definition) is 2. The van der Waals surface area contributed by atoms with E-state index in [1.165, 1.54) is 35.1 Å². The summed E-state index contributed by atoms with van der Waals surface area (Å²) in [6.07, 6.45) is 7.51. The Morgan fingerprint density at radius 1 is 1.26 bits per heavy atom. The monoisotopic (exact) mass is 372 g/mol. The molecule has 1 fully saturated rings. The van der Waals surface area contributed by atoms with Crippen molar-refractivity contribution in [3.05, 3.63) is 34.4 Å². The van der Waals surface area contributed by atoms with E-state index in [2.05, 4.69) is 39.8 Å². The van der Waals surface area contributed by atoms with Gasteiger partial charge in [0.25, 0.3) is 0 Å². The van der Waals surface area contributed by atoms with Crippen molar-refractivity contribution in [2.45, 2.75) is 90.4 Å². The van der Waals surface area contributed by atoms with Gasteiger partial charge in [-0.25, -0.2) is 0 Å². The Morgan fingerprint density at radius 3 is 2.63 bits per heavy atom. The first-order chi connectivity index (χ1) is 12.7. The Kier molecular flexibility index (Phi) is 5.72. The quantitative estimate of drug-likeness (QED) is 0.720. The molecule has 2 aliphatic rings. The van der Waals surface area contributed by atoms with Gasteiger partial charge in [0.2, 0.25) is 0 Å². The number of rotatable bonds is 6. The Hall–Kier alpha value is -1.35. The van der Waals surface area contributed by atoms with Crippen molar-refractivity contribution in [1.82, 2.24) is 0 Å². The number of aliphatic hydroxyl groups excluding tert-OH is 1. The summed E-state index contributed by atoms with van der Waals surface area (Å²) in [5.74, 6) is 0.264. The molecule has 27 heavy (non-hydrogen) atoms. The minimum Gasteiger partial charge on any atom is -0.481 e. The van der Waals surface area contributed by atoms with E-state index in [4.69, 9.17) is 5.11 Å². The zero-order valence-electron chi connectivity index (χ0n) is 17.5. The van der Waals surface area contributed by atoms with E-state index in [-0.39, 0.29) is 23.9 Å². The highest BCUT2D eigenvalue weighted by Gasteiger charge is 2.51. The molecule has 1 aromatic rings. The van der Waals surface area contributed by atoms with Crippen LogP contribution >= 0.6 is 0 Å². The highest BCUT2D eigenvalue weighted by atomic mass is 16.4. The number of aliphatic carboxylic acids is 1. The zero-order chi connectivity index (χ0) is 19.8. The third-order valence-corrected chi connectivity index (χ3v) is 7.56. The van der Waals surface area contributed by atoms with Gasteiger partial charge in [-0.05, 0) is 83.4 Å². The van der Waals surface area contributed by atoms with Gasteiger partial charge in [0.05, 0.1) is 0 Å². The largest absolute Gasteiger partial charge is 0.481 e. The van der Waals surface area contributed by atoms with E-state index < -0.39 is 5.97 Å². The maximum absolute atomic E-state index is 11.0. The minimum absolute atomic E-state index is 0.0187. The summed E-state index contributed by atoms with van der Waals surface area (Å²) in [6.45, 7) is 9.44. The average molecular weight is 373 g/mol. The molecule has 1 saturated carbocycles. The second kappa shape index (κ2) is 7.58. The lowest BCUT2D eigenvalue weighted by atomic mass is 9.50. The fourth-order valence-corrected chi connectivity index (χ4v) is 6.09. The number of carbonyl (C=O) groups is 1. The first kappa shape index (κ1) is 20.4. The van der Waals surface area contributed by atoms with E-state index in [1.807, 2.05) is 0 Å². The molecule has 3 unspecified atom stereocenters. The average Bonchev–Trinajstić information content (AvgIpc) is 2.61. The lowest BCUT2D eigenvalue weighted by Gasteiger charge is -2.55. The highest BCUT2D eigenvalue weighted by molar-refractivity contribution is 5.66. The molecule has 3 atom stereocenters. The number of carboxylic acid groups (broad SMARTS) is 1. The van der Waals surface area contributed by atoms with E-state index in [1.54, 1.807) is 0 Å². The molecule has 150 valence electrons. The molecule has 0 bridgehead atoms. The van der Waals surface area contributed by atoms with Crippen LogP contribution in [-0.2, 0) is 23.1 Å². The molecule has 2 N–H and O–H groups in total. The lowest BCUT2D eigenvalue weighted by Crippen LogP contribution is -2.50. The molecule has 0 heterocycles. The fourth-order valence-electron chi connectivity index (χ4n) is 6.09. The van der Waals surface area contributed by atoms with Crippen LogP contribution < -0.4 is 0 Å². The fraction of sp³-hybridized carbons (Fsp3) is 0.708. The van der Waals surface area contributed by atoms with Crippen LogP contribution in [0.3, 0.4) is 0 Å². The van der Waals surface area contributed by atoms with Crippen LogP contribution in [0.2, 0.25) is 0 Å². The second-order valence-electron chi connectivity index (χ2n) is 9.78. The molecule has 0 radical (unpaired) electrons. The van der Waals surface area contributed by atoms with Crippen LogP contribution in [0.15, 0.2) is 12.1 Å². The summed E-state index contributed by atoms with van der Waals surface area (Å²) in [4.78, 5) is 11.0. The summed E-state index contributed by atoms with van der Waals surface area (Å²) in [5.41, 5.74) is 5.84. The van der Waals surface area contributed by atoms with Crippen molar-refractivity contribution in [2.75, 3.05) is 6.61 Å². The molecular weight excluding hydrogens is 336 g/mol. The van der Waals surface area contributed by atoms with E-state index >= 15 is 0 Å². The van der Waals surface area contributed by atoms with Crippen molar-refractivity contribution < 1.29 is 15.0 Å². The van der Waals surface area contributed by atoms with Crippen LogP contribution in [0.25, 0.3) is 0 Å². The topological polar surface area (TPSA) is 57.5 Å². The summed E-state index contributed by atoms with van der Waals surface area (Å²) >= 11 is 0. The van der Waals surface area contributed by atoms with Gasteiger partial charge in [-0.15, -0.1) is 0 Å². The second-order valence-corrected chi connectivity index (χ2v) is 9.78. The summed E-state index contributed by atoms with van der Waals surface area (Å²) in [6, 6.07) is 4.84. The van der Waals surface area contributed by atoms with E-state index in [0.717, 1.165) is 25.7 Å². The maximum atomic E-state index is 11.0. The normalized spacial score (nSPS) is 30.1. The molecule has 3 nitrogen and oxygen atoms in total. The summed E-state index contributed by atoms with van der Waals surface area (Å²) < 4.78 is 0. The third kappa shape index (κ3) is 3.68. The number of aliphatic hydroxyl groups is 1. The van der Waals surface area contributed by atoms with Crippen LogP contribution in [0, 0.1) is 11.3 Å². The van der Waals surface area contributed by atoms with Gasteiger partial charge in [-0.1, -0.05) is 46.2 Å². The van der Waals surface area contributed by atoms with Gasteiger partial charge in [0.1, 0.15) is 0 Å². The lowest BCUT2D eigenvalue weighted by molar-refractivity contribution is -0.137. The molecule has 0 spiro atoms. The van der Waals surface area contributed by atoms with Crippen LogP contribution in [0.5, 0.6) is 0 Å². The van der Waals surface area contributed by atoms with Crippen molar-refractivity contribution in [2.24, 2.45) is 11.3 Å². The molecule has 0 aromatic heterocycles. The highest BCUT2D eigenvalue weighted by Crippen LogP contribution is 2.57. The number of benzene rings is 1. The number of fused-ring (bicyclic) bond motifs is 3. The van der Waals surface area contributed by atoms with Crippen LogP contribution in [0.4, 0.5) is 0 Å². The van der Waals surface area contributed by atoms with E-state index in [9.17, 15) is 9.90 Å². The zero-order valence-corrected chi connectivity index (χ0v) is 17.5. The van der Waals surface area contributed by atoms with Crippen molar-refractivity contribution in [3.8, 4) is 0 Å². The number of hydrogen-bond donors (Lipinski definition) is 2. The Morgan fingerprint density at radius 2 is 2.00 bits per heavy atom. The summed E-state index contributed by atoms with van der Waals surface area (Å²) in [5, 5.41) is 19.2. The molecular formula is C24H36O3. The predicted octanol–water partition coefficient (Wildman–Crippen LogP) is 5.22. The Balaban J connectivity index is 2.02. The third-order valence-electron chi connectivity index (χ3n) is 7.56. The number of aryl methyl sites for hydroxylation is 2. The standard InChI is InChI=1S/C24H36O3/c1-16(2)19-13-18-9-10-21-23(3,15-25)11-6-12-24(21,4)20(18)14-17(19)7-5-8-22(26)27/h13-14,16,21,25H,5-12,15H2,1-4H3,(H,26,27). The number of carboxylic acids is 1. The van der Waals surface area contributed by atoms with Gasteiger partial charge in [-0.3, -0.25) is 4.79 Å². The molecule has 1 aromatic carbocycles. The van der Waals surface area contributed by atoms with Crippen molar-refractivity contribution >= 4 is 5.97 Å². The van der Waals surface area contributed by atoms with Crippen molar-refractivity contribution in [3.63, 3.8) is 0 Å². The maximum Gasteiger partial charge on any atom is 0.303 e. The van der Waals surface area contributed by atoms with Crippen LogP contribution in [-0.4, -0.2) is 22.8 Å². The van der Waals surface area contributed by atoms with Gasteiger partial charge in [0.15, 0.2) is 0 Å². The van der Waals surface area contributed by atoms with Crippen LogP contribution in [0.1, 0.15) is 94.4 Å². The Bertz CT molecular complexity index is 708. The first-order valence-corrected chi connectivity index (χ1v) is 10.7. The molecule has 3 heteroatoms. The predicted molar refractivity (Wildman–Crippen MR) is 109 cm³/mol. The minimum atomic E-state index is -0.711. The smallest absolute Gasteiger partial charge is 0.303 e. The van der Waals surface area contributed by atoms with Gasteiger partial charge < -0.3 is 10.2 Å². The van der Waals surface area contributed by atoms with E-state index in [0.29, 0.717) is 18.3 Å².